The van der Waals surface area contributed by atoms with E-state index in [0.717, 1.165) is 32.1 Å². The normalized spacial score (nSPS) is 19.8. The molecule has 0 spiro atoms. The number of para-hydroxylation sites is 2. The van der Waals surface area contributed by atoms with Crippen LogP contribution < -0.4 is 10.1 Å². The molecule has 2 atom stereocenters. The Morgan fingerprint density at radius 2 is 2.13 bits per heavy atom. The molecule has 0 radical (unpaired) electrons. The van der Waals surface area contributed by atoms with Crippen molar-refractivity contribution in [1.82, 2.24) is 0 Å². The van der Waals surface area contributed by atoms with E-state index in [2.05, 4.69) is 5.32 Å². The fraction of sp³-hybridized carbons (Fsp3) is 0.562. The third-order valence-corrected chi connectivity index (χ3v) is 5.35. The summed E-state index contributed by atoms with van der Waals surface area (Å²) < 4.78 is 34.3. The summed E-state index contributed by atoms with van der Waals surface area (Å²) in [5.74, 6) is -0.0619. The van der Waals surface area contributed by atoms with Gasteiger partial charge in [-0.2, -0.15) is 0 Å². The molecular formula is C16H23NO5S. The lowest BCUT2D eigenvalue weighted by molar-refractivity contribution is -0.115. The quantitative estimate of drug-likeness (QED) is 0.856. The fourth-order valence-electron chi connectivity index (χ4n) is 2.25. The molecule has 0 aromatic heterocycles. The van der Waals surface area contributed by atoms with E-state index in [1.807, 2.05) is 0 Å². The van der Waals surface area contributed by atoms with E-state index in [1.165, 1.54) is 6.92 Å². The van der Waals surface area contributed by atoms with Crippen LogP contribution >= 0.6 is 0 Å². The first-order valence-corrected chi connectivity index (χ1v) is 9.66. The molecule has 23 heavy (non-hydrogen) atoms. The van der Waals surface area contributed by atoms with E-state index in [0.29, 0.717) is 18.0 Å². The van der Waals surface area contributed by atoms with E-state index in [9.17, 15) is 13.2 Å². The Morgan fingerprint density at radius 1 is 1.39 bits per heavy atom. The fourth-order valence-corrected chi connectivity index (χ4v) is 2.69. The summed E-state index contributed by atoms with van der Waals surface area (Å²) in [5.41, 5.74) is 0.462. The van der Waals surface area contributed by atoms with Gasteiger partial charge in [0.15, 0.2) is 9.84 Å². The molecular weight excluding hydrogens is 318 g/mol. The van der Waals surface area contributed by atoms with Crippen LogP contribution in [0.15, 0.2) is 24.3 Å². The summed E-state index contributed by atoms with van der Waals surface area (Å²) in [6, 6.07) is 6.98. The number of sulfone groups is 1. The van der Waals surface area contributed by atoms with Crippen LogP contribution in [0.4, 0.5) is 5.69 Å². The highest BCUT2D eigenvalue weighted by atomic mass is 32.2. The molecule has 6 nitrogen and oxygen atoms in total. The molecule has 1 aromatic carbocycles. The summed E-state index contributed by atoms with van der Waals surface area (Å²) in [6.07, 6.45) is 4.26. The van der Waals surface area contributed by atoms with Crippen LogP contribution in [-0.4, -0.2) is 45.1 Å². The standard InChI is InChI=1S/C16H23NO5S/c1-12(23(2,19)20)16(18)17-14-8-3-4-9-15(14)22-11-13-7-5-6-10-21-13/h3-4,8-9,12-13H,5-7,10-11H2,1-2H3,(H,17,18)/t12-,13-/m1/s1. The van der Waals surface area contributed by atoms with Gasteiger partial charge in [-0.1, -0.05) is 12.1 Å². The number of hydrogen-bond acceptors (Lipinski definition) is 5. The second-order valence-corrected chi connectivity index (χ2v) is 8.12. The van der Waals surface area contributed by atoms with Crippen molar-refractivity contribution >= 4 is 21.4 Å². The van der Waals surface area contributed by atoms with Crippen molar-refractivity contribution in [2.75, 3.05) is 24.8 Å². The maximum Gasteiger partial charge on any atom is 0.242 e. The molecule has 0 unspecified atom stereocenters. The lowest BCUT2D eigenvalue weighted by Crippen LogP contribution is -2.32. The number of benzene rings is 1. The number of hydrogen-bond donors (Lipinski definition) is 1. The molecule has 1 amide bonds. The summed E-state index contributed by atoms with van der Waals surface area (Å²) in [6.45, 7) is 2.52. The molecule has 1 heterocycles. The molecule has 0 saturated carbocycles. The molecule has 1 N–H and O–H groups in total. The highest BCUT2D eigenvalue weighted by Crippen LogP contribution is 2.25. The monoisotopic (exact) mass is 341 g/mol. The van der Waals surface area contributed by atoms with Gasteiger partial charge in [0.1, 0.15) is 17.6 Å². The average Bonchev–Trinajstić information content (AvgIpc) is 2.53. The molecule has 0 aliphatic carbocycles. The average molecular weight is 341 g/mol. The Morgan fingerprint density at radius 3 is 2.78 bits per heavy atom. The third-order valence-electron chi connectivity index (χ3n) is 3.86. The smallest absolute Gasteiger partial charge is 0.242 e. The van der Waals surface area contributed by atoms with Crippen molar-refractivity contribution in [3.63, 3.8) is 0 Å². The molecule has 1 fully saturated rings. The number of carbonyl (C=O) groups excluding carboxylic acids is 1. The molecule has 1 aromatic rings. The third kappa shape index (κ3) is 5.21. The Bertz CT molecular complexity index is 638. The van der Waals surface area contributed by atoms with E-state index in [-0.39, 0.29) is 6.10 Å². The van der Waals surface area contributed by atoms with Crippen molar-refractivity contribution < 1.29 is 22.7 Å². The SMILES string of the molecule is C[C@H](C(=O)Nc1ccccc1OC[C@H]1CCCCO1)S(C)(=O)=O. The second kappa shape index (κ2) is 7.79. The van der Waals surface area contributed by atoms with Gasteiger partial charge >= 0.3 is 0 Å². The van der Waals surface area contributed by atoms with Crippen molar-refractivity contribution in [1.29, 1.82) is 0 Å². The highest BCUT2D eigenvalue weighted by molar-refractivity contribution is 7.92. The zero-order chi connectivity index (χ0) is 16.9. The lowest BCUT2D eigenvalue weighted by Gasteiger charge is -2.23. The summed E-state index contributed by atoms with van der Waals surface area (Å²) >= 11 is 0. The second-order valence-electron chi connectivity index (χ2n) is 5.76. The first-order valence-electron chi connectivity index (χ1n) is 7.71. The molecule has 2 rings (SSSR count). The molecule has 1 aliphatic heterocycles. The minimum Gasteiger partial charge on any atom is -0.489 e. The van der Waals surface area contributed by atoms with E-state index in [1.54, 1.807) is 24.3 Å². The first-order chi connectivity index (χ1) is 10.9. The molecule has 7 heteroatoms. The Balaban J connectivity index is 2.00. The summed E-state index contributed by atoms with van der Waals surface area (Å²) in [5, 5.41) is 1.51. The van der Waals surface area contributed by atoms with Gasteiger partial charge in [-0.3, -0.25) is 4.79 Å². The van der Waals surface area contributed by atoms with Crippen LogP contribution in [-0.2, 0) is 19.4 Å². The van der Waals surface area contributed by atoms with Crippen LogP contribution in [0.25, 0.3) is 0 Å². The Labute approximate surface area is 137 Å². The van der Waals surface area contributed by atoms with E-state index >= 15 is 0 Å². The number of rotatable bonds is 6. The van der Waals surface area contributed by atoms with Crippen LogP contribution in [0.1, 0.15) is 26.2 Å². The minimum absolute atomic E-state index is 0.0578. The predicted octanol–water partition coefficient (Wildman–Crippen LogP) is 2.01. The van der Waals surface area contributed by atoms with Gasteiger partial charge < -0.3 is 14.8 Å². The summed E-state index contributed by atoms with van der Waals surface area (Å²) in [4.78, 5) is 12.0. The van der Waals surface area contributed by atoms with Crippen molar-refractivity contribution in [2.24, 2.45) is 0 Å². The number of ether oxygens (including phenoxy) is 2. The maximum atomic E-state index is 12.0. The largest absolute Gasteiger partial charge is 0.489 e. The predicted molar refractivity (Wildman–Crippen MR) is 88.5 cm³/mol. The van der Waals surface area contributed by atoms with E-state index < -0.39 is 21.0 Å². The summed E-state index contributed by atoms with van der Waals surface area (Å²) in [7, 11) is -3.44. The molecule has 0 bridgehead atoms. The van der Waals surface area contributed by atoms with Crippen LogP contribution in [0, 0.1) is 0 Å². The highest BCUT2D eigenvalue weighted by Gasteiger charge is 2.24. The van der Waals surface area contributed by atoms with Gasteiger partial charge in [0.2, 0.25) is 5.91 Å². The Hall–Kier alpha value is -1.60. The van der Waals surface area contributed by atoms with Crippen molar-refractivity contribution in [2.45, 2.75) is 37.5 Å². The Kier molecular flexibility index (Phi) is 6.01. The van der Waals surface area contributed by atoms with Crippen molar-refractivity contribution in [3.05, 3.63) is 24.3 Å². The van der Waals surface area contributed by atoms with Crippen LogP contribution in [0.5, 0.6) is 5.75 Å². The number of anilines is 1. The van der Waals surface area contributed by atoms with Gasteiger partial charge in [0, 0.05) is 12.9 Å². The maximum absolute atomic E-state index is 12.0. The van der Waals surface area contributed by atoms with Crippen LogP contribution in [0.3, 0.4) is 0 Å². The number of nitrogens with one attached hydrogen (secondary N) is 1. The van der Waals surface area contributed by atoms with Gasteiger partial charge in [0.25, 0.3) is 0 Å². The lowest BCUT2D eigenvalue weighted by atomic mass is 10.1. The molecule has 1 aliphatic rings. The number of amides is 1. The van der Waals surface area contributed by atoms with Crippen LogP contribution in [0.2, 0.25) is 0 Å². The minimum atomic E-state index is -3.44. The zero-order valence-electron chi connectivity index (χ0n) is 13.4. The van der Waals surface area contributed by atoms with Gasteiger partial charge in [-0.15, -0.1) is 0 Å². The molecule has 128 valence electrons. The number of carbonyl (C=O) groups is 1. The van der Waals surface area contributed by atoms with Gasteiger partial charge in [-0.05, 0) is 38.3 Å². The first kappa shape index (κ1) is 17.7. The molecule has 1 saturated heterocycles. The topological polar surface area (TPSA) is 81.7 Å². The van der Waals surface area contributed by atoms with Gasteiger partial charge in [0.05, 0.1) is 11.8 Å². The van der Waals surface area contributed by atoms with E-state index in [4.69, 9.17) is 9.47 Å². The van der Waals surface area contributed by atoms with Gasteiger partial charge in [-0.25, -0.2) is 8.42 Å². The zero-order valence-corrected chi connectivity index (χ0v) is 14.3. The van der Waals surface area contributed by atoms with Crippen molar-refractivity contribution in [3.8, 4) is 5.75 Å².